The Hall–Kier alpha value is -1.37. The van der Waals surface area contributed by atoms with Gasteiger partial charge in [0.05, 0.1) is 29.0 Å². The molecule has 1 aliphatic rings. The second-order valence-corrected chi connectivity index (χ2v) is 6.38. The van der Waals surface area contributed by atoms with Crippen molar-refractivity contribution in [3.05, 3.63) is 15.9 Å². The third kappa shape index (κ3) is 2.97. The van der Waals surface area contributed by atoms with Gasteiger partial charge in [-0.1, -0.05) is 13.8 Å². The van der Waals surface area contributed by atoms with E-state index < -0.39 is 6.04 Å². The number of aryl methyl sites for hydroxylation is 2. The molecule has 1 aromatic rings. The average Bonchev–Trinajstić information content (AvgIpc) is 2.70. The molecule has 1 aromatic heterocycles. The summed E-state index contributed by atoms with van der Waals surface area (Å²) in [5, 5.41) is 7.10. The molecule has 7 heteroatoms. The number of amides is 2. The van der Waals surface area contributed by atoms with Crippen LogP contribution in [-0.2, 0) is 22.7 Å². The van der Waals surface area contributed by atoms with Crippen molar-refractivity contribution in [2.24, 2.45) is 5.92 Å². The standard InChI is InChI=1S/C14H21BrN4O2/c1-5-19-10(12(15)9(4)17-19)7-18-11(20)6-16-14(21)13(18)8(2)3/h8,13H,5-7H2,1-4H3,(H,16,21). The number of nitrogens with one attached hydrogen (secondary N) is 1. The van der Waals surface area contributed by atoms with Gasteiger partial charge in [0.2, 0.25) is 11.8 Å². The first-order valence-corrected chi connectivity index (χ1v) is 7.95. The molecule has 6 nitrogen and oxygen atoms in total. The molecule has 116 valence electrons. The Labute approximate surface area is 133 Å². The lowest BCUT2D eigenvalue weighted by Crippen LogP contribution is -2.59. The lowest BCUT2D eigenvalue weighted by Gasteiger charge is -2.37. The molecule has 0 bridgehead atoms. The van der Waals surface area contributed by atoms with Gasteiger partial charge >= 0.3 is 0 Å². The molecule has 1 fully saturated rings. The molecule has 1 N–H and O–H groups in total. The lowest BCUT2D eigenvalue weighted by atomic mass is 9.99. The number of carbonyl (C=O) groups is 2. The van der Waals surface area contributed by atoms with Crippen molar-refractivity contribution in [2.75, 3.05) is 6.54 Å². The minimum Gasteiger partial charge on any atom is -0.345 e. The number of hydrogen-bond donors (Lipinski definition) is 1. The van der Waals surface area contributed by atoms with E-state index in [4.69, 9.17) is 0 Å². The topological polar surface area (TPSA) is 67.2 Å². The summed E-state index contributed by atoms with van der Waals surface area (Å²) in [7, 11) is 0. The minimum atomic E-state index is -0.432. The lowest BCUT2D eigenvalue weighted by molar-refractivity contribution is -0.148. The van der Waals surface area contributed by atoms with E-state index in [0.717, 1.165) is 22.4 Å². The predicted octanol–water partition coefficient (Wildman–Crippen LogP) is 1.46. The van der Waals surface area contributed by atoms with Crippen LogP contribution in [0.25, 0.3) is 0 Å². The van der Waals surface area contributed by atoms with E-state index in [9.17, 15) is 9.59 Å². The van der Waals surface area contributed by atoms with Gasteiger partial charge in [-0.3, -0.25) is 14.3 Å². The van der Waals surface area contributed by atoms with Crippen LogP contribution in [-0.4, -0.2) is 39.1 Å². The van der Waals surface area contributed by atoms with Crippen LogP contribution >= 0.6 is 15.9 Å². The zero-order chi connectivity index (χ0) is 15.7. The van der Waals surface area contributed by atoms with Crippen LogP contribution < -0.4 is 5.32 Å². The molecule has 2 rings (SSSR count). The first-order valence-electron chi connectivity index (χ1n) is 7.15. The molecular formula is C14H21BrN4O2. The van der Waals surface area contributed by atoms with E-state index in [1.807, 2.05) is 32.4 Å². The highest BCUT2D eigenvalue weighted by atomic mass is 79.9. The van der Waals surface area contributed by atoms with Crippen LogP contribution in [0.4, 0.5) is 0 Å². The third-order valence-corrected chi connectivity index (χ3v) is 4.77. The Kier molecular flexibility index (Phi) is 4.70. The molecular weight excluding hydrogens is 336 g/mol. The fourth-order valence-corrected chi connectivity index (χ4v) is 3.11. The van der Waals surface area contributed by atoms with Crippen molar-refractivity contribution >= 4 is 27.7 Å². The van der Waals surface area contributed by atoms with Crippen LogP contribution in [0.1, 0.15) is 32.2 Å². The summed E-state index contributed by atoms with van der Waals surface area (Å²) in [6.07, 6.45) is 0. The molecule has 2 heterocycles. The molecule has 2 amide bonds. The van der Waals surface area contributed by atoms with Crippen LogP contribution in [0.2, 0.25) is 0 Å². The quantitative estimate of drug-likeness (QED) is 0.887. The predicted molar refractivity (Wildman–Crippen MR) is 82.5 cm³/mol. The van der Waals surface area contributed by atoms with E-state index in [-0.39, 0.29) is 24.3 Å². The van der Waals surface area contributed by atoms with Gasteiger partial charge < -0.3 is 10.2 Å². The molecule has 0 spiro atoms. The number of nitrogens with zero attached hydrogens (tertiary/aromatic N) is 3. The fraction of sp³-hybridized carbons (Fsp3) is 0.643. The van der Waals surface area contributed by atoms with E-state index in [1.165, 1.54) is 0 Å². The summed E-state index contributed by atoms with van der Waals surface area (Å²) in [4.78, 5) is 26.0. The summed E-state index contributed by atoms with van der Waals surface area (Å²) >= 11 is 3.54. The van der Waals surface area contributed by atoms with Gasteiger partial charge in [0.25, 0.3) is 0 Å². The number of rotatable bonds is 4. The Morgan fingerprint density at radius 2 is 2.10 bits per heavy atom. The van der Waals surface area contributed by atoms with Gasteiger partial charge in [0, 0.05) is 6.54 Å². The fourth-order valence-electron chi connectivity index (χ4n) is 2.70. The molecule has 0 radical (unpaired) electrons. The summed E-state index contributed by atoms with van der Waals surface area (Å²) in [6, 6.07) is -0.432. The smallest absolute Gasteiger partial charge is 0.243 e. The van der Waals surface area contributed by atoms with Crippen LogP contribution in [0.3, 0.4) is 0 Å². The molecule has 0 aliphatic carbocycles. The monoisotopic (exact) mass is 356 g/mol. The summed E-state index contributed by atoms with van der Waals surface area (Å²) in [6.45, 7) is 9.02. The number of hydrogen-bond acceptors (Lipinski definition) is 3. The third-order valence-electron chi connectivity index (χ3n) is 3.74. The second kappa shape index (κ2) is 6.17. The van der Waals surface area contributed by atoms with Crippen LogP contribution in [0, 0.1) is 12.8 Å². The SMILES string of the molecule is CCn1nc(C)c(Br)c1CN1C(=O)CNC(=O)C1C(C)C. The second-order valence-electron chi connectivity index (χ2n) is 5.59. The number of piperazine rings is 1. The number of aromatic nitrogens is 2. The highest BCUT2D eigenvalue weighted by molar-refractivity contribution is 9.10. The molecule has 0 saturated carbocycles. The van der Waals surface area contributed by atoms with E-state index >= 15 is 0 Å². The number of carbonyl (C=O) groups excluding carboxylic acids is 2. The molecule has 1 aliphatic heterocycles. The first kappa shape index (κ1) is 16.0. The Morgan fingerprint density at radius 3 is 2.67 bits per heavy atom. The van der Waals surface area contributed by atoms with Crippen LogP contribution in [0.5, 0.6) is 0 Å². The van der Waals surface area contributed by atoms with Crippen molar-refractivity contribution in [1.29, 1.82) is 0 Å². The van der Waals surface area contributed by atoms with Gasteiger partial charge in [-0.2, -0.15) is 5.10 Å². The minimum absolute atomic E-state index is 0.0540. The maximum atomic E-state index is 12.2. The van der Waals surface area contributed by atoms with Gasteiger partial charge in [0.1, 0.15) is 6.04 Å². The zero-order valence-corrected chi connectivity index (χ0v) is 14.4. The van der Waals surface area contributed by atoms with Gasteiger partial charge in [-0.15, -0.1) is 0 Å². The maximum Gasteiger partial charge on any atom is 0.243 e. The van der Waals surface area contributed by atoms with Crippen molar-refractivity contribution in [3.63, 3.8) is 0 Å². The molecule has 1 unspecified atom stereocenters. The zero-order valence-electron chi connectivity index (χ0n) is 12.8. The molecule has 1 atom stereocenters. The van der Waals surface area contributed by atoms with Crippen molar-refractivity contribution in [3.8, 4) is 0 Å². The highest BCUT2D eigenvalue weighted by Gasteiger charge is 2.37. The maximum absolute atomic E-state index is 12.2. The van der Waals surface area contributed by atoms with Crippen LogP contribution in [0.15, 0.2) is 4.47 Å². The highest BCUT2D eigenvalue weighted by Crippen LogP contribution is 2.25. The number of halogens is 1. The molecule has 1 saturated heterocycles. The Bertz CT molecular complexity index is 568. The van der Waals surface area contributed by atoms with Gasteiger partial charge in [-0.25, -0.2) is 0 Å². The van der Waals surface area contributed by atoms with Crippen molar-refractivity contribution in [2.45, 2.75) is 46.8 Å². The van der Waals surface area contributed by atoms with E-state index in [0.29, 0.717) is 6.54 Å². The van der Waals surface area contributed by atoms with Gasteiger partial charge in [-0.05, 0) is 35.7 Å². The van der Waals surface area contributed by atoms with Crippen molar-refractivity contribution in [1.82, 2.24) is 20.0 Å². The summed E-state index contributed by atoms with van der Waals surface area (Å²) < 4.78 is 2.78. The Morgan fingerprint density at radius 1 is 1.43 bits per heavy atom. The van der Waals surface area contributed by atoms with E-state index in [2.05, 4.69) is 26.3 Å². The normalized spacial score (nSPS) is 19.3. The first-order chi connectivity index (χ1) is 9.86. The summed E-state index contributed by atoms with van der Waals surface area (Å²) in [5.41, 5.74) is 1.82. The Balaban J connectivity index is 2.35. The average molecular weight is 357 g/mol. The molecule has 21 heavy (non-hydrogen) atoms. The van der Waals surface area contributed by atoms with Gasteiger partial charge in [0.15, 0.2) is 0 Å². The largest absolute Gasteiger partial charge is 0.345 e. The van der Waals surface area contributed by atoms with E-state index in [1.54, 1.807) is 4.90 Å². The molecule has 0 aromatic carbocycles. The van der Waals surface area contributed by atoms with Crippen molar-refractivity contribution < 1.29 is 9.59 Å². The summed E-state index contributed by atoms with van der Waals surface area (Å²) in [5.74, 6) is -0.0752.